The fourth-order valence-corrected chi connectivity index (χ4v) is 2.49. The van der Waals surface area contributed by atoms with E-state index in [2.05, 4.69) is 10.6 Å². The number of urea groups is 1. The van der Waals surface area contributed by atoms with Crippen LogP contribution in [0.4, 0.5) is 4.79 Å². The van der Waals surface area contributed by atoms with Crippen LogP contribution in [0.15, 0.2) is 0 Å². The van der Waals surface area contributed by atoms with Crippen LogP contribution in [-0.2, 0) is 9.59 Å². The molecule has 1 rings (SSSR count). The summed E-state index contributed by atoms with van der Waals surface area (Å²) in [6, 6.07) is -1.31. The Morgan fingerprint density at radius 2 is 2.05 bits per heavy atom. The lowest BCUT2D eigenvalue weighted by Crippen LogP contribution is -2.53. The molecule has 0 aromatic heterocycles. The van der Waals surface area contributed by atoms with Gasteiger partial charge < -0.3 is 20.6 Å². The summed E-state index contributed by atoms with van der Waals surface area (Å²) in [5.74, 6) is -1.48. The fourth-order valence-electron chi connectivity index (χ4n) is 2.49. The molecule has 0 saturated carbocycles. The Morgan fingerprint density at radius 3 is 2.57 bits per heavy atom. The van der Waals surface area contributed by atoms with Gasteiger partial charge in [0.05, 0.1) is 5.92 Å². The predicted octanol–water partition coefficient (Wildman–Crippen LogP) is 0.653. The van der Waals surface area contributed by atoms with Crippen LogP contribution in [0.2, 0.25) is 0 Å². The molecule has 0 spiro atoms. The molecule has 1 heterocycles. The van der Waals surface area contributed by atoms with Crippen LogP contribution in [-0.4, -0.2) is 54.1 Å². The van der Waals surface area contributed by atoms with Crippen molar-refractivity contribution in [3.05, 3.63) is 0 Å². The Balaban J connectivity index is 2.65. The number of nitrogens with zero attached hydrogens (tertiary/aromatic N) is 1. The number of carbonyl (C=O) groups is 3. The first-order chi connectivity index (χ1) is 9.90. The topological polar surface area (TPSA) is 98.7 Å². The number of hydrogen-bond donors (Lipinski definition) is 3. The second-order valence-corrected chi connectivity index (χ2v) is 5.55. The molecule has 0 radical (unpaired) electrons. The van der Waals surface area contributed by atoms with Crippen molar-refractivity contribution >= 4 is 17.9 Å². The van der Waals surface area contributed by atoms with Gasteiger partial charge in [0.1, 0.15) is 6.04 Å². The van der Waals surface area contributed by atoms with Gasteiger partial charge in [-0.1, -0.05) is 20.3 Å². The number of likely N-dealkylation sites (tertiary alicyclic amines) is 1. The maximum absolute atomic E-state index is 12.2. The molecule has 7 heteroatoms. The molecule has 21 heavy (non-hydrogen) atoms. The number of amides is 3. The van der Waals surface area contributed by atoms with Crippen molar-refractivity contribution in [2.75, 3.05) is 20.1 Å². The molecule has 1 aliphatic heterocycles. The van der Waals surface area contributed by atoms with Crippen molar-refractivity contribution in [3.63, 3.8) is 0 Å². The summed E-state index contributed by atoms with van der Waals surface area (Å²) in [4.78, 5) is 36.6. The van der Waals surface area contributed by atoms with Crippen LogP contribution < -0.4 is 10.6 Å². The lowest BCUT2D eigenvalue weighted by atomic mass is 9.97. The van der Waals surface area contributed by atoms with Crippen molar-refractivity contribution in [2.24, 2.45) is 11.8 Å². The number of carbonyl (C=O) groups excluding carboxylic acids is 2. The van der Waals surface area contributed by atoms with E-state index in [1.54, 1.807) is 14.0 Å². The first kappa shape index (κ1) is 17.3. The van der Waals surface area contributed by atoms with Gasteiger partial charge in [-0.15, -0.1) is 0 Å². The third kappa shape index (κ3) is 4.61. The summed E-state index contributed by atoms with van der Waals surface area (Å²) in [5.41, 5.74) is 0. The van der Waals surface area contributed by atoms with E-state index in [-0.39, 0.29) is 17.7 Å². The molecule has 7 nitrogen and oxygen atoms in total. The largest absolute Gasteiger partial charge is 0.480 e. The highest BCUT2D eigenvalue weighted by Crippen LogP contribution is 2.17. The number of carboxylic acid groups (broad SMARTS) is 1. The van der Waals surface area contributed by atoms with E-state index in [0.717, 1.165) is 12.8 Å². The Morgan fingerprint density at radius 1 is 1.38 bits per heavy atom. The van der Waals surface area contributed by atoms with Crippen LogP contribution in [0, 0.1) is 11.8 Å². The number of piperidine rings is 1. The van der Waals surface area contributed by atoms with Crippen LogP contribution >= 0.6 is 0 Å². The molecule has 3 amide bonds. The minimum atomic E-state index is -1.03. The standard InChI is InChI=1S/C14H25N3O4/c1-4-9(2)11(13(19)20)16-14(21)17-7-5-6-10(8-17)12(18)15-3/h9-11H,4-8H2,1-3H3,(H,15,18)(H,16,21)(H,19,20). The normalized spacial score (nSPS) is 21.3. The van der Waals surface area contributed by atoms with E-state index < -0.39 is 18.0 Å². The van der Waals surface area contributed by atoms with E-state index in [4.69, 9.17) is 0 Å². The maximum atomic E-state index is 12.2. The zero-order chi connectivity index (χ0) is 16.0. The quantitative estimate of drug-likeness (QED) is 0.694. The van der Waals surface area contributed by atoms with Crippen LogP contribution in [0.5, 0.6) is 0 Å². The molecule has 3 atom stereocenters. The average Bonchev–Trinajstić information content (AvgIpc) is 2.50. The van der Waals surface area contributed by atoms with Crippen LogP contribution in [0.25, 0.3) is 0 Å². The van der Waals surface area contributed by atoms with Gasteiger partial charge in [-0.3, -0.25) is 4.79 Å². The average molecular weight is 299 g/mol. The van der Waals surface area contributed by atoms with Gasteiger partial charge in [0.15, 0.2) is 0 Å². The van der Waals surface area contributed by atoms with Crippen molar-refractivity contribution in [2.45, 2.75) is 39.2 Å². The summed E-state index contributed by atoms with van der Waals surface area (Å²) in [5, 5.41) is 14.4. The van der Waals surface area contributed by atoms with E-state index in [9.17, 15) is 19.5 Å². The molecular weight excluding hydrogens is 274 g/mol. The van der Waals surface area contributed by atoms with Gasteiger partial charge in [0, 0.05) is 20.1 Å². The van der Waals surface area contributed by atoms with Crippen molar-refractivity contribution in [1.82, 2.24) is 15.5 Å². The molecule has 1 aliphatic rings. The summed E-state index contributed by atoms with van der Waals surface area (Å²) < 4.78 is 0. The molecule has 1 saturated heterocycles. The van der Waals surface area contributed by atoms with Gasteiger partial charge in [-0.05, 0) is 18.8 Å². The monoisotopic (exact) mass is 299 g/mol. The summed E-state index contributed by atoms with van der Waals surface area (Å²) in [6.07, 6.45) is 2.15. The highest BCUT2D eigenvalue weighted by molar-refractivity contribution is 5.84. The smallest absolute Gasteiger partial charge is 0.326 e. The highest BCUT2D eigenvalue weighted by Gasteiger charge is 2.31. The number of hydrogen-bond acceptors (Lipinski definition) is 3. The van der Waals surface area contributed by atoms with Gasteiger partial charge in [-0.25, -0.2) is 9.59 Å². The van der Waals surface area contributed by atoms with Gasteiger partial charge in [0.2, 0.25) is 5.91 Å². The SMILES string of the molecule is CCC(C)C(NC(=O)N1CCCC(C(=O)NC)C1)C(=O)O. The van der Waals surface area contributed by atoms with E-state index in [0.29, 0.717) is 19.5 Å². The van der Waals surface area contributed by atoms with E-state index in [1.807, 2.05) is 6.92 Å². The van der Waals surface area contributed by atoms with Gasteiger partial charge >= 0.3 is 12.0 Å². The Bertz CT molecular complexity index is 400. The van der Waals surface area contributed by atoms with Gasteiger partial charge in [-0.2, -0.15) is 0 Å². The zero-order valence-corrected chi connectivity index (χ0v) is 12.9. The molecule has 3 N–H and O–H groups in total. The van der Waals surface area contributed by atoms with E-state index >= 15 is 0 Å². The molecule has 0 aromatic rings. The lowest BCUT2D eigenvalue weighted by molar-refractivity contribution is -0.140. The van der Waals surface area contributed by atoms with E-state index in [1.165, 1.54) is 4.90 Å². The number of nitrogens with one attached hydrogen (secondary N) is 2. The lowest BCUT2D eigenvalue weighted by Gasteiger charge is -2.33. The maximum Gasteiger partial charge on any atom is 0.326 e. The Labute approximate surface area is 125 Å². The van der Waals surface area contributed by atoms with Crippen molar-refractivity contribution in [1.29, 1.82) is 0 Å². The number of rotatable bonds is 5. The van der Waals surface area contributed by atoms with Crippen LogP contribution in [0.3, 0.4) is 0 Å². The zero-order valence-electron chi connectivity index (χ0n) is 12.9. The summed E-state index contributed by atoms with van der Waals surface area (Å²) in [7, 11) is 1.57. The molecule has 120 valence electrons. The minimum absolute atomic E-state index is 0.0794. The molecule has 1 fully saturated rings. The number of carboxylic acids is 1. The third-order valence-electron chi connectivity index (χ3n) is 4.08. The Kier molecular flexibility index (Phi) is 6.45. The number of aliphatic carboxylic acids is 1. The molecule has 0 aliphatic carbocycles. The van der Waals surface area contributed by atoms with Crippen LogP contribution in [0.1, 0.15) is 33.1 Å². The molecule has 3 unspecified atom stereocenters. The summed E-state index contributed by atoms with van der Waals surface area (Å²) in [6.45, 7) is 4.56. The highest BCUT2D eigenvalue weighted by atomic mass is 16.4. The second-order valence-electron chi connectivity index (χ2n) is 5.55. The molecule has 0 aromatic carbocycles. The second kappa shape index (κ2) is 7.85. The molecule has 0 bridgehead atoms. The van der Waals surface area contributed by atoms with Gasteiger partial charge in [0.25, 0.3) is 0 Å². The predicted molar refractivity (Wildman–Crippen MR) is 77.8 cm³/mol. The fraction of sp³-hybridized carbons (Fsp3) is 0.786. The minimum Gasteiger partial charge on any atom is -0.480 e. The van der Waals surface area contributed by atoms with Crippen molar-refractivity contribution < 1.29 is 19.5 Å². The Hall–Kier alpha value is -1.79. The summed E-state index contributed by atoms with van der Waals surface area (Å²) >= 11 is 0. The molecular formula is C14H25N3O4. The first-order valence-corrected chi connectivity index (χ1v) is 7.40. The first-order valence-electron chi connectivity index (χ1n) is 7.40. The van der Waals surface area contributed by atoms with Crippen molar-refractivity contribution in [3.8, 4) is 0 Å². The third-order valence-corrected chi connectivity index (χ3v) is 4.08.